The molecule has 0 heterocycles. The van der Waals surface area contributed by atoms with E-state index in [9.17, 15) is 27.2 Å². The van der Waals surface area contributed by atoms with Gasteiger partial charge in [0.1, 0.15) is 0 Å². The van der Waals surface area contributed by atoms with Crippen molar-refractivity contribution in [2.45, 2.75) is 25.2 Å². The van der Waals surface area contributed by atoms with Gasteiger partial charge >= 0.3 is 23.8 Å². The molecule has 2 N–H and O–H groups in total. The summed E-state index contributed by atoms with van der Waals surface area (Å²) in [6.45, 7) is 1.12. The summed E-state index contributed by atoms with van der Waals surface area (Å²) in [6.07, 6.45) is -0.650. The van der Waals surface area contributed by atoms with Crippen LogP contribution >= 0.6 is 11.6 Å². The maximum absolute atomic E-state index is 12.8. The minimum Gasteiger partial charge on any atom is -0.477 e. The van der Waals surface area contributed by atoms with Crippen molar-refractivity contribution >= 4 is 23.5 Å². The van der Waals surface area contributed by atoms with Crippen molar-refractivity contribution < 1.29 is 37.4 Å². The van der Waals surface area contributed by atoms with Gasteiger partial charge in [-0.3, -0.25) is 0 Å². The first-order valence-electron chi connectivity index (χ1n) is 5.43. The van der Waals surface area contributed by atoms with E-state index < -0.39 is 35.8 Å². The van der Waals surface area contributed by atoms with Crippen LogP contribution < -0.4 is 0 Å². The van der Waals surface area contributed by atoms with Crippen LogP contribution in [0.15, 0.2) is 24.3 Å². The first kappa shape index (κ1) is 19.2. The third-order valence-corrected chi connectivity index (χ3v) is 2.45. The summed E-state index contributed by atoms with van der Waals surface area (Å²) in [7, 11) is 0. The topological polar surface area (TPSA) is 74.6 Å². The quantitative estimate of drug-likeness (QED) is 0.827. The molecule has 21 heavy (non-hydrogen) atoms. The minimum absolute atomic E-state index is 0.0819. The van der Waals surface area contributed by atoms with Gasteiger partial charge in [-0.25, -0.2) is 9.59 Å². The monoisotopic (exact) mass is 330 g/mol. The van der Waals surface area contributed by atoms with E-state index in [0.29, 0.717) is 0 Å². The molecule has 0 spiro atoms. The van der Waals surface area contributed by atoms with Crippen molar-refractivity contribution in [3.63, 3.8) is 0 Å². The van der Waals surface area contributed by atoms with E-state index >= 15 is 0 Å². The molecule has 118 valence electrons. The van der Waals surface area contributed by atoms with Gasteiger partial charge in [0, 0.05) is 17.0 Å². The maximum atomic E-state index is 12.8. The third-order valence-electron chi connectivity index (χ3n) is 2.21. The van der Waals surface area contributed by atoms with Crippen molar-refractivity contribution in [1.82, 2.24) is 0 Å². The molecule has 1 aromatic rings. The molecule has 0 aliphatic carbocycles. The van der Waals surface area contributed by atoms with E-state index in [-0.39, 0.29) is 5.02 Å². The van der Waals surface area contributed by atoms with Gasteiger partial charge in [-0.1, -0.05) is 30.7 Å². The van der Waals surface area contributed by atoms with Gasteiger partial charge in [-0.15, -0.1) is 0 Å². The molecule has 0 saturated heterocycles. The molecule has 0 aromatic heterocycles. The first-order chi connectivity index (χ1) is 9.45. The highest BCUT2D eigenvalue weighted by atomic mass is 35.5. The van der Waals surface area contributed by atoms with E-state index in [2.05, 4.69) is 0 Å². The second-order valence-electron chi connectivity index (χ2n) is 3.75. The minimum atomic E-state index is -3.88. The normalized spacial score (nSPS) is 11.3. The second-order valence-corrected chi connectivity index (χ2v) is 4.19. The molecule has 0 unspecified atom stereocenters. The van der Waals surface area contributed by atoms with E-state index in [0.717, 1.165) is 19.1 Å². The molecular formula is C12H11ClF4O4. The van der Waals surface area contributed by atoms with E-state index in [1.165, 1.54) is 12.1 Å². The van der Waals surface area contributed by atoms with Crippen LogP contribution in [0, 0.1) is 0 Å². The molecule has 4 nitrogen and oxygen atoms in total. The number of carboxylic acid groups (broad SMARTS) is 2. The lowest BCUT2D eigenvalue weighted by atomic mass is 10.1. The predicted molar refractivity (Wildman–Crippen MR) is 65.9 cm³/mol. The summed E-state index contributed by atoms with van der Waals surface area (Å²) >= 11 is 5.43. The van der Waals surface area contributed by atoms with Crippen LogP contribution in [-0.4, -0.2) is 28.1 Å². The van der Waals surface area contributed by atoms with Gasteiger partial charge in [-0.2, -0.15) is 17.6 Å². The van der Waals surface area contributed by atoms with E-state index in [1.54, 1.807) is 0 Å². The van der Waals surface area contributed by atoms with Crippen LogP contribution in [0.2, 0.25) is 5.02 Å². The maximum Gasteiger partial charge on any atom is 0.379 e. The zero-order chi connectivity index (χ0) is 16.8. The number of halogens is 5. The van der Waals surface area contributed by atoms with Gasteiger partial charge in [0.2, 0.25) is 0 Å². The number of alkyl halides is 4. The lowest BCUT2D eigenvalue weighted by Crippen LogP contribution is -2.26. The molecule has 0 atom stereocenters. The number of rotatable bonds is 4. The zero-order valence-corrected chi connectivity index (χ0v) is 11.4. The van der Waals surface area contributed by atoms with Gasteiger partial charge in [0.15, 0.2) is 0 Å². The molecule has 0 aliphatic heterocycles. The van der Waals surface area contributed by atoms with Crippen LogP contribution in [0.5, 0.6) is 0 Å². The van der Waals surface area contributed by atoms with Crippen molar-refractivity contribution in [1.29, 1.82) is 0 Å². The van der Waals surface area contributed by atoms with E-state index in [4.69, 9.17) is 21.8 Å². The lowest BCUT2D eigenvalue weighted by Gasteiger charge is -2.10. The molecule has 0 bridgehead atoms. The fourth-order valence-corrected chi connectivity index (χ4v) is 1.15. The summed E-state index contributed by atoms with van der Waals surface area (Å²) in [4.78, 5) is 19.6. The summed E-state index contributed by atoms with van der Waals surface area (Å²) in [6, 6.07) is 4.60. The van der Waals surface area contributed by atoms with Gasteiger partial charge in [0.05, 0.1) is 0 Å². The lowest BCUT2D eigenvalue weighted by molar-refractivity contribution is -0.166. The Labute approximate surface area is 122 Å². The summed E-state index contributed by atoms with van der Waals surface area (Å²) < 4.78 is 49.0. The van der Waals surface area contributed by atoms with Crippen LogP contribution in [0.4, 0.5) is 17.6 Å². The van der Waals surface area contributed by atoms with Crippen LogP contribution in [0.25, 0.3) is 0 Å². The molecule has 0 fully saturated rings. The van der Waals surface area contributed by atoms with Crippen LogP contribution in [0.1, 0.15) is 18.9 Å². The highest BCUT2D eigenvalue weighted by Gasteiger charge is 2.40. The van der Waals surface area contributed by atoms with Crippen molar-refractivity contribution in [3.05, 3.63) is 34.9 Å². The van der Waals surface area contributed by atoms with E-state index in [1.807, 2.05) is 0 Å². The number of hydrogen-bond acceptors (Lipinski definition) is 2. The molecule has 1 aromatic carbocycles. The predicted octanol–water partition coefficient (Wildman–Crippen LogP) is 3.63. The second kappa shape index (κ2) is 7.26. The fraction of sp³-hybridized carbons (Fsp3) is 0.333. The Morgan fingerprint density at radius 2 is 1.67 bits per heavy atom. The number of aliphatic carboxylic acids is 2. The van der Waals surface area contributed by atoms with Gasteiger partial charge < -0.3 is 10.2 Å². The molecule has 1 rings (SSSR count). The Kier molecular flexibility index (Phi) is 6.62. The number of carbonyl (C=O) groups is 2. The van der Waals surface area contributed by atoms with Crippen LogP contribution in [-0.2, 0) is 15.5 Å². The Morgan fingerprint density at radius 3 is 1.95 bits per heavy atom. The standard InChI is InChI=1S/C8H5ClF2O2.C4H6F2O2/c9-6-3-1-2-5(4-6)8(10,11)7(12)13;1-2-4(5,6)3(7)8/h1-4H,(H,12,13);2H2,1H3,(H,7,8). The van der Waals surface area contributed by atoms with Crippen molar-refractivity contribution in [2.24, 2.45) is 0 Å². The Balaban J connectivity index is 0.000000433. The molecule has 9 heteroatoms. The SMILES string of the molecule is CCC(F)(F)C(=O)O.O=C(O)C(F)(F)c1cccc(Cl)c1. The highest BCUT2D eigenvalue weighted by molar-refractivity contribution is 6.30. The summed E-state index contributed by atoms with van der Waals surface area (Å²) in [5, 5.41) is 16.0. The molecule has 0 saturated carbocycles. The average Bonchev–Trinajstić information content (AvgIpc) is 2.39. The largest absolute Gasteiger partial charge is 0.477 e. The Hall–Kier alpha value is -1.83. The smallest absolute Gasteiger partial charge is 0.379 e. The Bertz CT molecular complexity index is 520. The highest BCUT2D eigenvalue weighted by Crippen LogP contribution is 2.29. The first-order valence-corrected chi connectivity index (χ1v) is 5.81. The summed E-state index contributed by atoms with van der Waals surface area (Å²) in [5.41, 5.74) is -0.618. The zero-order valence-electron chi connectivity index (χ0n) is 10.6. The Morgan fingerprint density at radius 1 is 1.14 bits per heavy atom. The fourth-order valence-electron chi connectivity index (χ4n) is 0.958. The third kappa shape index (κ3) is 5.58. The number of hydrogen-bond donors (Lipinski definition) is 2. The number of carboxylic acids is 2. The van der Waals surface area contributed by atoms with Crippen molar-refractivity contribution in [2.75, 3.05) is 0 Å². The number of benzene rings is 1. The van der Waals surface area contributed by atoms with Crippen LogP contribution in [0.3, 0.4) is 0 Å². The molecule has 0 radical (unpaired) electrons. The molecule has 0 amide bonds. The molecule has 0 aliphatic rings. The molecular weight excluding hydrogens is 320 g/mol. The van der Waals surface area contributed by atoms with Crippen molar-refractivity contribution in [3.8, 4) is 0 Å². The summed E-state index contributed by atoms with van der Waals surface area (Å²) in [5.74, 6) is -11.7. The van der Waals surface area contributed by atoms with Gasteiger partial charge in [0.25, 0.3) is 0 Å². The average molecular weight is 331 g/mol. The van der Waals surface area contributed by atoms with Gasteiger partial charge in [-0.05, 0) is 12.1 Å².